The van der Waals surface area contributed by atoms with Crippen molar-refractivity contribution in [3.63, 3.8) is 0 Å². The molecule has 0 atom stereocenters. The van der Waals surface area contributed by atoms with Gasteiger partial charge < -0.3 is 15.4 Å². The average molecular weight is 278 g/mol. The maximum atomic E-state index is 11.3. The highest BCUT2D eigenvalue weighted by Gasteiger charge is 2.19. The fourth-order valence-corrected chi connectivity index (χ4v) is 3.11. The summed E-state index contributed by atoms with van der Waals surface area (Å²) in [6, 6.07) is 1.74. The van der Waals surface area contributed by atoms with E-state index < -0.39 is 5.91 Å². The first-order chi connectivity index (χ1) is 9.15. The predicted octanol–water partition coefficient (Wildman–Crippen LogP) is 0.935. The number of anilines is 1. The van der Waals surface area contributed by atoms with Crippen molar-refractivity contribution in [1.29, 1.82) is 0 Å². The van der Waals surface area contributed by atoms with Crippen LogP contribution in [0.4, 0.5) is 5.82 Å². The van der Waals surface area contributed by atoms with Crippen LogP contribution in [0.25, 0.3) is 10.2 Å². The van der Waals surface area contributed by atoms with Crippen LogP contribution in [0, 0.1) is 6.92 Å². The van der Waals surface area contributed by atoms with Gasteiger partial charge in [0.15, 0.2) is 5.82 Å². The Bertz CT molecular complexity index is 634. The molecule has 1 saturated heterocycles. The number of ether oxygens (including phenoxy) is 1. The first kappa shape index (κ1) is 12.3. The van der Waals surface area contributed by atoms with Crippen LogP contribution in [-0.4, -0.2) is 42.2 Å². The Balaban J connectivity index is 2.13. The monoisotopic (exact) mass is 278 g/mol. The first-order valence-corrected chi connectivity index (χ1v) is 6.87. The van der Waals surface area contributed by atoms with Crippen molar-refractivity contribution in [2.24, 2.45) is 5.73 Å². The summed E-state index contributed by atoms with van der Waals surface area (Å²) in [5, 5.41) is 0. The summed E-state index contributed by atoms with van der Waals surface area (Å²) in [6.07, 6.45) is 0. The number of amides is 1. The molecule has 100 valence electrons. The third-order valence-corrected chi connectivity index (χ3v) is 4.15. The summed E-state index contributed by atoms with van der Waals surface area (Å²) >= 11 is 1.35. The van der Waals surface area contributed by atoms with Crippen molar-refractivity contribution >= 4 is 33.3 Å². The zero-order valence-corrected chi connectivity index (χ0v) is 11.4. The van der Waals surface area contributed by atoms with Crippen molar-refractivity contribution < 1.29 is 9.53 Å². The van der Waals surface area contributed by atoms with Crippen LogP contribution in [0.15, 0.2) is 6.07 Å². The van der Waals surface area contributed by atoms with Gasteiger partial charge in [0.05, 0.1) is 28.3 Å². The molecule has 0 spiro atoms. The van der Waals surface area contributed by atoms with Crippen LogP contribution < -0.4 is 10.6 Å². The van der Waals surface area contributed by atoms with E-state index in [1.165, 1.54) is 11.3 Å². The predicted molar refractivity (Wildman–Crippen MR) is 73.7 cm³/mol. The third-order valence-electron chi connectivity index (χ3n) is 3.02. The van der Waals surface area contributed by atoms with Gasteiger partial charge in [-0.2, -0.15) is 0 Å². The Kier molecular flexibility index (Phi) is 3.08. The van der Waals surface area contributed by atoms with Crippen LogP contribution >= 0.6 is 11.3 Å². The molecule has 0 bridgehead atoms. The molecule has 0 radical (unpaired) electrons. The molecule has 2 aromatic heterocycles. The normalized spacial score (nSPS) is 15.9. The lowest BCUT2D eigenvalue weighted by molar-refractivity contribution is 0.100. The van der Waals surface area contributed by atoms with E-state index in [1.807, 2.05) is 6.92 Å². The average Bonchev–Trinajstić information content (AvgIpc) is 2.82. The molecule has 0 unspecified atom stereocenters. The maximum Gasteiger partial charge on any atom is 0.258 e. The molecule has 3 rings (SSSR count). The van der Waals surface area contributed by atoms with Crippen LogP contribution in [0.1, 0.15) is 15.5 Å². The minimum absolute atomic E-state index is 0.423. The number of carbonyl (C=O) groups is 1. The lowest BCUT2D eigenvalue weighted by Gasteiger charge is -2.28. The van der Waals surface area contributed by atoms with Gasteiger partial charge in [0.25, 0.3) is 5.91 Å². The number of thiophene rings is 1. The Morgan fingerprint density at radius 3 is 2.84 bits per heavy atom. The highest BCUT2D eigenvalue weighted by atomic mass is 32.1. The van der Waals surface area contributed by atoms with Crippen LogP contribution in [-0.2, 0) is 4.74 Å². The number of nitrogens with two attached hydrogens (primary N) is 1. The zero-order valence-electron chi connectivity index (χ0n) is 10.5. The number of hydrogen-bond acceptors (Lipinski definition) is 6. The van der Waals surface area contributed by atoms with Gasteiger partial charge >= 0.3 is 0 Å². The molecule has 1 fully saturated rings. The van der Waals surface area contributed by atoms with Crippen molar-refractivity contribution in [3.05, 3.63) is 16.8 Å². The van der Waals surface area contributed by atoms with E-state index in [4.69, 9.17) is 10.5 Å². The number of nitrogens with zero attached hydrogens (tertiary/aromatic N) is 3. The molecule has 7 heteroatoms. The van der Waals surface area contributed by atoms with E-state index in [1.54, 1.807) is 6.07 Å². The standard InChI is InChI=1S/C12H14N4O2S/c1-7-14-8-6-9(11(13)17)19-10(8)12(15-7)16-2-4-18-5-3-16/h6H,2-5H2,1H3,(H2,13,17). The molecule has 0 aliphatic carbocycles. The summed E-state index contributed by atoms with van der Waals surface area (Å²) in [5.74, 6) is 1.15. The fraction of sp³-hybridized carbons (Fsp3) is 0.417. The molecule has 1 aliphatic rings. The largest absolute Gasteiger partial charge is 0.378 e. The second-order valence-corrected chi connectivity index (χ2v) is 5.44. The minimum atomic E-state index is -0.423. The number of morpholine rings is 1. The van der Waals surface area contributed by atoms with E-state index in [0.29, 0.717) is 23.9 Å². The SMILES string of the molecule is Cc1nc(N2CCOCC2)c2sc(C(N)=O)cc2n1. The molecule has 0 aromatic carbocycles. The number of fused-ring (bicyclic) bond motifs is 1. The second-order valence-electron chi connectivity index (χ2n) is 4.38. The van der Waals surface area contributed by atoms with Crippen molar-refractivity contribution in [3.8, 4) is 0 Å². The molecule has 2 N–H and O–H groups in total. The number of rotatable bonds is 2. The molecular formula is C12H14N4O2S. The number of carbonyl (C=O) groups excluding carboxylic acids is 1. The molecule has 1 amide bonds. The lowest BCUT2D eigenvalue weighted by atomic mass is 10.3. The molecule has 6 nitrogen and oxygen atoms in total. The molecule has 2 aromatic rings. The fourth-order valence-electron chi connectivity index (χ4n) is 2.14. The summed E-state index contributed by atoms with van der Waals surface area (Å²) in [7, 11) is 0. The van der Waals surface area contributed by atoms with Crippen molar-refractivity contribution in [2.75, 3.05) is 31.2 Å². The van der Waals surface area contributed by atoms with E-state index in [2.05, 4.69) is 14.9 Å². The van der Waals surface area contributed by atoms with E-state index in [-0.39, 0.29) is 0 Å². The number of aromatic nitrogens is 2. The van der Waals surface area contributed by atoms with E-state index in [0.717, 1.165) is 29.1 Å². The van der Waals surface area contributed by atoms with Gasteiger partial charge in [-0.15, -0.1) is 11.3 Å². The van der Waals surface area contributed by atoms with Gasteiger partial charge in [0.1, 0.15) is 5.82 Å². The molecular weight excluding hydrogens is 264 g/mol. The van der Waals surface area contributed by atoms with Gasteiger partial charge in [0.2, 0.25) is 0 Å². The topological polar surface area (TPSA) is 81.3 Å². The molecule has 19 heavy (non-hydrogen) atoms. The van der Waals surface area contributed by atoms with Gasteiger partial charge in [-0.3, -0.25) is 4.79 Å². The highest BCUT2D eigenvalue weighted by molar-refractivity contribution is 7.21. The number of hydrogen-bond donors (Lipinski definition) is 1. The van der Waals surface area contributed by atoms with E-state index >= 15 is 0 Å². The van der Waals surface area contributed by atoms with Gasteiger partial charge in [0, 0.05) is 13.1 Å². The van der Waals surface area contributed by atoms with E-state index in [9.17, 15) is 4.79 Å². The number of primary amides is 1. The first-order valence-electron chi connectivity index (χ1n) is 6.06. The van der Waals surface area contributed by atoms with Gasteiger partial charge in [-0.1, -0.05) is 0 Å². The van der Waals surface area contributed by atoms with Gasteiger partial charge in [-0.25, -0.2) is 9.97 Å². The highest BCUT2D eigenvalue weighted by Crippen LogP contribution is 2.32. The lowest BCUT2D eigenvalue weighted by Crippen LogP contribution is -2.36. The quantitative estimate of drug-likeness (QED) is 0.884. The third kappa shape index (κ3) is 2.26. The summed E-state index contributed by atoms with van der Waals surface area (Å²) < 4.78 is 6.27. The summed E-state index contributed by atoms with van der Waals surface area (Å²) in [4.78, 5) is 22.9. The Morgan fingerprint density at radius 2 is 2.16 bits per heavy atom. The molecule has 3 heterocycles. The minimum Gasteiger partial charge on any atom is -0.378 e. The van der Waals surface area contributed by atoms with Crippen LogP contribution in [0.5, 0.6) is 0 Å². The summed E-state index contributed by atoms with van der Waals surface area (Å²) in [5.41, 5.74) is 6.12. The number of aryl methyl sites for hydroxylation is 1. The van der Waals surface area contributed by atoms with Crippen molar-refractivity contribution in [2.45, 2.75) is 6.92 Å². The Morgan fingerprint density at radius 1 is 1.42 bits per heavy atom. The zero-order chi connectivity index (χ0) is 13.4. The Hall–Kier alpha value is -1.73. The second kappa shape index (κ2) is 4.75. The Labute approximate surface area is 114 Å². The summed E-state index contributed by atoms with van der Waals surface area (Å²) in [6.45, 7) is 4.84. The van der Waals surface area contributed by atoms with Crippen LogP contribution in [0.3, 0.4) is 0 Å². The smallest absolute Gasteiger partial charge is 0.258 e. The maximum absolute atomic E-state index is 11.3. The van der Waals surface area contributed by atoms with Crippen LogP contribution in [0.2, 0.25) is 0 Å². The van der Waals surface area contributed by atoms with Gasteiger partial charge in [-0.05, 0) is 13.0 Å². The molecule has 1 aliphatic heterocycles. The molecule has 0 saturated carbocycles. The van der Waals surface area contributed by atoms with Crippen molar-refractivity contribution in [1.82, 2.24) is 9.97 Å².